The fraction of sp³-hybridized carbons (Fsp3) is 0.909. The summed E-state index contributed by atoms with van der Waals surface area (Å²) in [7, 11) is 0. The Morgan fingerprint density at radius 1 is 1.27 bits per heavy atom. The Balaban J connectivity index is 1.43. The van der Waals surface area contributed by atoms with Crippen LogP contribution in [0.1, 0.15) is 6.42 Å². The van der Waals surface area contributed by atoms with E-state index < -0.39 is 0 Å². The summed E-state index contributed by atoms with van der Waals surface area (Å²) in [6.45, 7) is 6.70. The smallest absolute Gasteiger partial charge is 0.226 e. The first-order valence-corrected chi connectivity index (χ1v) is 5.93. The highest BCUT2D eigenvalue weighted by Gasteiger charge is 2.51. The van der Waals surface area contributed by atoms with E-state index in [2.05, 4.69) is 4.90 Å². The van der Waals surface area contributed by atoms with Crippen LogP contribution in [0.5, 0.6) is 0 Å². The fourth-order valence-corrected chi connectivity index (χ4v) is 2.65. The molecule has 2 heterocycles. The van der Waals surface area contributed by atoms with E-state index in [0.29, 0.717) is 17.7 Å². The molecule has 0 bridgehead atoms. The number of fused-ring (bicyclic) bond motifs is 1. The number of carbonyl (C=O) groups excluding carboxylic acids is 1. The average molecular weight is 210 g/mol. The maximum absolute atomic E-state index is 11.7. The molecular formula is C11H18N2O2. The van der Waals surface area contributed by atoms with Crippen molar-refractivity contribution in [3.8, 4) is 0 Å². The first kappa shape index (κ1) is 9.60. The molecular weight excluding hydrogens is 192 g/mol. The standard InChI is InChI=1S/C11H18N2O2/c14-11-10-7-9(10)8-13(11)2-1-12-3-5-15-6-4-12/h9-10H,1-8H2. The third-order valence-corrected chi connectivity index (χ3v) is 3.80. The van der Waals surface area contributed by atoms with Crippen molar-refractivity contribution >= 4 is 5.91 Å². The van der Waals surface area contributed by atoms with E-state index in [0.717, 1.165) is 52.4 Å². The number of hydrogen-bond acceptors (Lipinski definition) is 3. The Morgan fingerprint density at radius 2 is 2.07 bits per heavy atom. The van der Waals surface area contributed by atoms with Crippen LogP contribution in [-0.4, -0.2) is 61.6 Å². The van der Waals surface area contributed by atoms with Crippen molar-refractivity contribution in [2.45, 2.75) is 6.42 Å². The largest absolute Gasteiger partial charge is 0.379 e. The van der Waals surface area contributed by atoms with Crippen LogP contribution in [0.15, 0.2) is 0 Å². The number of piperidine rings is 1. The molecule has 2 aliphatic heterocycles. The van der Waals surface area contributed by atoms with E-state index in [1.807, 2.05) is 4.90 Å². The number of carbonyl (C=O) groups is 1. The number of hydrogen-bond donors (Lipinski definition) is 0. The Labute approximate surface area is 90.2 Å². The summed E-state index contributed by atoms with van der Waals surface area (Å²) >= 11 is 0. The van der Waals surface area contributed by atoms with Crippen molar-refractivity contribution in [2.24, 2.45) is 11.8 Å². The number of rotatable bonds is 3. The highest BCUT2D eigenvalue weighted by molar-refractivity contribution is 5.84. The van der Waals surface area contributed by atoms with Gasteiger partial charge in [-0.15, -0.1) is 0 Å². The van der Waals surface area contributed by atoms with Gasteiger partial charge in [0.05, 0.1) is 13.2 Å². The van der Waals surface area contributed by atoms with E-state index in [1.165, 1.54) is 0 Å². The molecule has 84 valence electrons. The minimum atomic E-state index is 0.410. The number of likely N-dealkylation sites (tertiary alicyclic amines) is 1. The van der Waals surface area contributed by atoms with Crippen LogP contribution in [-0.2, 0) is 9.53 Å². The van der Waals surface area contributed by atoms with E-state index in [4.69, 9.17) is 4.74 Å². The van der Waals surface area contributed by atoms with Gasteiger partial charge in [-0.1, -0.05) is 0 Å². The van der Waals surface area contributed by atoms with Crippen LogP contribution >= 0.6 is 0 Å². The van der Waals surface area contributed by atoms with Gasteiger partial charge in [-0.2, -0.15) is 0 Å². The molecule has 15 heavy (non-hydrogen) atoms. The second kappa shape index (κ2) is 3.76. The van der Waals surface area contributed by atoms with Crippen LogP contribution in [0.25, 0.3) is 0 Å². The highest BCUT2D eigenvalue weighted by Crippen LogP contribution is 2.45. The Kier molecular flexibility index (Phi) is 2.41. The molecule has 2 atom stereocenters. The summed E-state index contributed by atoms with van der Waals surface area (Å²) in [4.78, 5) is 16.1. The number of nitrogens with zero attached hydrogens (tertiary/aromatic N) is 2. The van der Waals surface area contributed by atoms with Gasteiger partial charge in [0.25, 0.3) is 0 Å². The van der Waals surface area contributed by atoms with Crippen molar-refractivity contribution in [1.82, 2.24) is 9.80 Å². The van der Waals surface area contributed by atoms with Crippen LogP contribution in [0.3, 0.4) is 0 Å². The molecule has 0 aromatic carbocycles. The third-order valence-electron chi connectivity index (χ3n) is 3.80. The highest BCUT2D eigenvalue weighted by atomic mass is 16.5. The molecule has 3 rings (SSSR count). The van der Waals surface area contributed by atoms with Gasteiger partial charge < -0.3 is 9.64 Å². The predicted octanol–water partition coefficient (Wildman–Crippen LogP) is -0.203. The topological polar surface area (TPSA) is 32.8 Å². The lowest BCUT2D eigenvalue weighted by Crippen LogP contribution is -2.42. The van der Waals surface area contributed by atoms with Crippen molar-refractivity contribution in [3.05, 3.63) is 0 Å². The Morgan fingerprint density at radius 3 is 2.73 bits per heavy atom. The first-order valence-electron chi connectivity index (χ1n) is 5.93. The predicted molar refractivity (Wildman–Crippen MR) is 55.4 cm³/mol. The molecule has 1 amide bonds. The molecule has 1 aliphatic carbocycles. The molecule has 2 saturated heterocycles. The van der Waals surface area contributed by atoms with Crippen LogP contribution in [0.2, 0.25) is 0 Å². The maximum Gasteiger partial charge on any atom is 0.226 e. The summed E-state index contributed by atoms with van der Waals surface area (Å²) in [5.41, 5.74) is 0. The maximum atomic E-state index is 11.7. The zero-order chi connectivity index (χ0) is 10.3. The molecule has 0 aromatic rings. The molecule has 3 fully saturated rings. The minimum Gasteiger partial charge on any atom is -0.379 e. The Hall–Kier alpha value is -0.610. The molecule has 4 nitrogen and oxygen atoms in total. The second-order valence-electron chi connectivity index (χ2n) is 4.84. The third kappa shape index (κ3) is 1.88. The lowest BCUT2D eigenvalue weighted by atomic mass is 10.3. The normalized spacial score (nSPS) is 35.7. The van der Waals surface area contributed by atoms with Crippen LogP contribution in [0.4, 0.5) is 0 Å². The van der Waals surface area contributed by atoms with Crippen molar-refractivity contribution in [3.63, 3.8) is 0 Å². The number of ether oxygens (including phenoxy) is 1. The zero-order valence-corrected chi connectivity index (χ0v) is 9.02. The van der Waals surface area contributed by atoms with E-state index in [-0.39, 0.29) is 0 Å². The lowest BCUT2D eigenvalue weighted by Gasteiger charge is -2.28. The quantitative estimate of drug-likeness (QED) is 0.646. The van der Waals surface area contributed by atoms with Gasteiger partial charge in [-0.25, -0.2) is 0 Å². The zero-order valence-electron chi connectivity index (χ0n) is 9.02. The second-order valence-corrected chi connectivity index (χ2v) is 4.84. The van der Waals surface area contributed by atoms with Gasteiger partial charge in [0.2, 0.25) is 5.91 Å². The van der Waals surface area contributed by atoms with Crippen molar-refractivity contribution < 1.29 is 9.53 Å². The number of morpholine rings is 1. The van der Waals surface area contributed by atoms with Gasteiger partial charge in [-0.05, 0) is 12.3 Å². The van der Waals surface area contributed by atoms with Gasteiger partial charge in [0.15, 0.2) is 0 Å². The van der Waals surface area contributed by atoms with Crippen LogP contribution in [0, 0.1) is 11.8 Å². The monoisotopic (exact) mass is 210 g/mol. The van der Waals surface area contributed by atoms with Gasteiger partial charge in [-0.3, -0.25) is 9.69 Å². The van der Waals surface area contributed by atoms with Crippen molar-refractivity contribution in [1.29, 1.82) is 0 Å². The summed E-state index contributed by atoms with van der Waals surface area (Å²) < 4.78 is 5.29. The molecule has 4 heteroatoms. The summed E-state index contributed by atoms with van der Waals surface area (Å²) in [5.74, 6) is 1.53. The first-order chi connectivity index (χ1) is 7.34. The molecule has 0 radical (unpaired) electrons. The van der Waals surface area contributed by atoms with Gasteiger partial charge >= 0.3 is 0 Å². The number of amides is 1. The molecule has 0 aromatic heterocycles. The summed E-state index contributed by atoms with van der Waals surface area (Å²) in [6.07, 6.45) is 1.16. The van der Waals surface area contributed by atoms with E-state index in [9.17, 15) is 4.79 Å². The lowest BCUT2D eigenvalue weighted by molar-refractivity contribution is -0.130. The van der Waals surface area contributed by atoms with Crippen LogP contribution < -0.4 is 0 Å². The molecule has 0 N–H and O–H groups in total. The molecule has 1 saturated carbocycles. The van der Waals surface area contributed by atoms with Gasteiger partial charge in [0.1, 0.15) is 0 Å². The van der Waals surface area contributed by atoms with E-state index in [1.54, 1.807) is 0 Å². The summed E-state index contributed by atoms with van der Waals surface area (Å²) in [6, 6.07) is 0. The molecule has 3 aliphatic rings. The molecule has 0 spiro atoms. The SMILES string of the molecule is O=C1C2CC2CN1CCN1CCOCC1. The van der Waals surface area contributed by atoms with E-state index >= 15 is 0 Å². The van der Waals surface area contributed by atoms with Crippen molar-refractivity contribution in [2.75, 3.05) is 45.9 Å². The van der Waals surface area contributed by atoms with Gasteiger partial charge in [0, 0.05) is 38.6 Å². The minimum absolute atomic E-state index is 0.410. The average Bonchev–Trinajstić information content (AvgIpc) is 2.98. The Bertz CT molecular complexity index is 263. The fourth-order valence-electron chi connectivity index (χ4n) is 2.65. The molecule has 2 unspecified atom stereocenters. The summed E-state index contributed by atoms with van der Waals surface area (Å²) in [5, 5.41) is 0.